The van der Waals surface area contributed by atoms with Gasteiger partial charge in [0.25, 0.3) is 0 Å². The summed E-state index contributed by atoms with van der Waals surface area (Å²) in [5.41, 5.74) is 0.975. The number of hydrogen-bond donors (Lipinski definition) is 1. The molecule has 0 aromatic carbocycles. The normalized spacial score (nSPS) is 20.8. The molecule has 2 rings (SSSR count). The van der Waals surface area contributed by atoms with Crippen LogP contribution in [-0.4, -0.2) is 41.0 Å². The van der Waals surface area contributed by atoms with E-state index in [2.05, 4.69) is 27.2 Å². The van der Waals surface area contributed by atoms with E-state index in [0.717, 1.165) is 25.3 Å². The minimum atomic E-state index is 0.326. The van der Waals surface area contributed by atoms with Crippen molar-refractivity contribution in [3.05, 3.63) is 23.2 Å². The molecule has 2 heterocycles. The number of rotatable bonds is 4. The van der Waals surface area contributed by atoms with Gasteiger partial charge in [0.2, 0.25) is 5.28 Å². The Kier molecular flexibility index (Phi) is 4.71. The number of nitrogens with zero attached hydrogens (tertiary/aromatic N) is 3. The maximum atomic E-state index is 5.77. The van der Waals surface area contributed by atoms with Crippen molar-refractivity contribution in [2.45, 2.75) is 31.8 Å². The van der Waals surface area contributed by atoms with Gasteiger partial charge in [0.1, 0.15) is 0 Å². The summed E-state index contributed by atoms with van der Waals surface area (Å²) in [6.07, 6.45) is 5.62. The van der Waals surface area contributed by atoms with Gasteiger partial charge in [0.15, 0.2) is 0 Å². The number of aromatic nitrogens is 2. The van der Waals surface area contributed by atoms with E-state index in [1.54, 1.807) is 6.20 Å². The number of piperidine rings is 1. The maximum Gasteiger partial charge on any atom is 0.222 e. The lowest BCUT2D eigenvalue weighted by Crippen LogP contribution is -2.42. The second-order valence-corrected chi connectivity index (χ2v) is 5.00. The van der Waals surface area contributed by atoms with Crippen LogP contribution in [0.2, 0.25) is 5.28 Å². The molecular weight excluding hydrogens is 236 g/mol. The van der Waals surface area contributed by atoms with E-state index in [9.17, 15) is 0 Å². The molecular formula is C12H19ClN4. The van der Waals surface area contributed by atoms with Gasteiger partial charge in [-0.1, -0.05) is 6.42 Å². The van der Waals surface area contributed by atoms with Crippen LogP contribution in [0, 0.1) is 0 Å². The predicted octanol–water partition coefficient (Wildman–Crippen LogP) is 1.70. The maximum absolute atomic E-state index is 5.77. The Labute approximate surface area is 107 Å². The molecule has 1 aromatic rings. The molecule has 5 heteroatoms. The third-order valence-corrected chi connectivity index (χ3v) is 3.24. The highest BCUT2D eigenvalue weighted by atomic mass is 35.5. The van der Waals surface area contributed by atoms with Crippen LogP contribution in [-0.2, 0) is 6.54 Å². The molecule has 1 unspecified atom stereocenters. The van der Waals surface area contributed by atoms with Gasteiger partial charge in [-0.15, -0.1) is 0 Å². The SMILES string of the molecule is CN(Cc1ccnc(Cl)n1)CC1CCCCN1. The summed E-state index contributed by atoms with van der Waals surface area (Å²) >= 11 is 5.77. The van der Waals surface area contributed by atoms with Crippen LogP contribution in [0.1, 0.15) is 25.0 Å². The van der Waals surface area contributed by atoms with E-state index >= 15 is 0 Å². The first-order chi connectivity index (χ1) is 8.24. The minimum absolute atomic E-state index is 0.326. The highest BCUT2D eigenvalue weighted by Gasteiger charge is 2.14. The summed E-state index contributed by atoms with van der Waals surface area (Å²) in [4.78, 5) is 10.4. The van der Waals surface area contributed by atoms with Crippen LogP contribution in [0.4, 0.5) is 0 Å². The molecule has 17 heavy (non-hydrogen) atoms. The molecule has 0 spiro atoms. The average molecular weight is 255 g/mol. The molecule has 0 saturated carbocycles. The lowest BCUT2D eigenvalue weighted by molar-refractivity contribution is 0.254. The van der Waals surface area contributed by atoms with E-state index in [-0.39, 0.29) is 0 Å². The summed E-state index contributed by atoms with van der Waals surface area (Å²) in [5, 5.41) is 3.87. The molecule has 1 saturated heterocycles. The molecule has 0 radical (unpaired) electrons. The van der Waals surface area contributed by atoms with Gasteiger partial charge in [-0.3, -0.25) is 4.90 Å². The highest BCUT2D eigenvalue weighted by Crippen LogP contribution is 2.09. The fourth-order valence-electron chi connectivity index (χ4n) is 2.25. The third-order valence-electron chi connectivity index (χ3n) is 3.06. The zero-order valence-corrected chi connectivity index (χ0v) is 11.0. The Bertz CT molecular complexity index is 352. The van der Waals surface area contributed by atoms with Gasteiger partial charge in [0.05, 0.1) is 5.69 Å². The Morgan fingerprint density at radius 1 is 1.53 bits per heavy atom. The molecule has 0 aliphatic carbocycles. The number of halogens is 1. The van der Waals surface area contributed by atoms with Crippen molar-refractivity contribution in [1.82, 2.24) is 20.2 Å². The Morgan fingerprint density at radius 3 is 3.12 bits per heavy atom. The quantitative estimate of drug-likeness (QED) is 0.831. The van der Waals surface area contributed by atoms with Crippen LogP contribution in [0.3, 0.4) is 0 Å². The van der Waals surface area contributed by atoms with Crippen LogP contribution in [0.5, 0.6) is 0 Å². The zero-order chi connectivity index (χ0) is 12.1. The molecule has 1 aromatic heterocycles. The molecule has 0 amide bonds. The summed E-state index contributed by atoms with van der Waals surface area (Å²) in [7, 11) is 2.12. The van der Waals surface area contributed by atoms with E-state index in [4.69, 9.17) is 11.6 Å². The smallest absolute Gasteiger partial charge is 0.222 e. The Hall–Kier alpha value is -0.710. The lowest BCUT2D eigenvalue weighted by atomic mass is 10.0. The standard InChI is InChI=1S/C12H19ClN4/c1-17(8-10-4-2-3-6-14-10)9-11-5-7-15-12(13)16-11/h5,7,10,14H,2-4,6,8-9H2,1H3. The van der Waals surface area contributed by atoms with Crippen LogP contribution >= 0.6 is 11.6 Å². The fourth-order valence-corrected chi connectivity index (χ4v) is 2.42. The van der Waals surface area contributed by atoms with Gasteiger partial charge >= 0.3 is 0 Å². The van der Waals surface area contributed by atoms with Crippen LogP contribution in [0.25, 0.3) is 0 Å². The van der Waals surface area contributed by atoms with Crippen molar-refractivity contribution in [1.29, 1.82) is 0 Å². The molecule has 1 atom stereocenters. The first-order valence-electron chi connectivity index (χ1n) is 6.13. The summed E-state index contributed by atoms with van der Waals surface area (Å²) in [5.74, 6) is 0. The molecule has 1 aliphatic heterocycles. The first-order valence-corrected chi connectivity index (χ1v) is 6.51. The first kappa shape index (κ1) is 12.7. The lowest BCUT2D eigenvalue weighted by Gasteiger charge is -2.27. The molecule has 0 bridgehead atoms. The molecule has 4 nitrogen and oxygen atoms in total. The van der Waals surface area contributed by atoms with Crippen molar-refractivity contribution < 1.29 is 0 Å². The van der Waals surface area contributed by atoms with Crippen molar-refractivity contribution in [2.75, 3.05) is 20.1 Å². The van der Waals surface area contributed by atoms with Gasteiger partial charge < -0.3 is 5.32 Å². The van der Waals surface area contributed by atoms with E-state index in [0.29, 0.717) is 11.3 Å². The highest BCUT2D eigenvalue weighted by molar-refractivity contribution is 6.28. The van der Waals surface area contributed by atoms with E-state index < -0.39 is 0 Å². The average Bonchev–Trinajstić information content (AvgIpc) is 2.30. The van der Waals surface area contributed by atoms with E-state index in [1.807, 2.05) is 6.07 Å². The van der Waals surface area contributed by atoms with Crippen LogP contribution in [0.15, 0.2) is 12.3 Å². The van der Waals surface area contributed by atoms with Gasteiger partial charge in [-0.05, 0) is 44.1 Å². The largest absolute Gasteiger partial charge is 0.313 e. The topological polar surface area (TPSA) is 41.1 Å². The summed E-state index contributed by atoms with van der Waals surface area (Å²) in [6, 6.07) is 2.53. The van der Waals surface area contributed by atoms with Crippen LogP contribution < -0.4 is 5.32 Å². The second kappa shape index (κ2) is 6.28. The van der Waals surface area contributed by atoms with Gasteiger partial charge in [-0.2, -0.15) is 0 Å². The van der Waals surface area contributed by atoms with Crippen molar-refractivity contribution >= 4 is 11.6 Å². The number of likely N-dealkylation sites (N-methyl/N-ethyl adjacent to an activating group) is 1. The second-order valence-electron chi connectivity index (χ2n) is 4.66. The number of hydrogen-bond acceptors (Lipinski definition) is 4. The third kappa shape index (κ3) is 4.22. The van der Waals surface area contributed by atoms with Crippen molar-refractivity contribution in [3.8, 4) is 0 Å². The Balaban J connectivity index is 1.82. The molecule has 1 N–H and O–H groups in total. The monoisotopic (exact) mass is 254 g/mol. The van der Waals surface area contributed by atoms with Gasteiger partial charge in [0, 0.05) is 25.3 Å². The molecule has 1 fully saturated rings. The summed E-state index contributed by atoms with van der Waals surface area (Å²) < 4.78 is 0. The predicted molar refractivity (Wildman–Crippen MR) is 69.0 cm³/mol. The van der Waals surface area contributed by atoms with Gasteiger partial charge in [-0.25, -0.2) is 9.97 Å². The minimum Gasteiger partial charge on any atom is -0.313 e. The van der Waals surface area contributed by atoms with E-state index in [1.165, 1.54) is 19.3 Å². The summed E-state index contributed by atoms with van der Waals surface area (Å²) in [6.45, 7) is 3.03. The molecule has 1 aliphatic rings. The zero-order valence-electron chi connectivity index (χ0n) is 10.2. The fraction of sp³-hybridized carbons (Fsp3) is 0.667. The van der Waals surface area contributed by atoms with Crippen molar-refractivity contribution in [2.24, 2.45) is 0 Å². The molecule has 94 valence electrons. The van der Waals surface area contributed by atoms with Crippen molar-refractivity contribution in [3.63, 3.8) is 0 Å². The Morgan fingerprint density at radius 2 is 2.41 bits per heavy atom. The number of nitrogens with one attached hydrogen (secondary N) is 1.